The average Bonchev–Trinajstić information content (AvgIpc) is 3.44. The zero-order valence-electron chi connectivity index (χ0n) is 51.9. The van der Waals surface area contributed by atoms with Crippen LogP contribution in [0.2, 0.25) is 0 Å². The van der Waals surface area contributed by atoms with Crippen molar-refractivity contribution < 1.29 is 28.6 Å². The van der Waals surface area contributed by atoms with Crippen LogP contribution in [0, 0.1) is 0 Å². The maximum atomic E-state index is 12.9. The van der Waals surface area contributed by atoms with Crippen LogP contribution < -0.4 is 0 Å². The van der Waals surface area contributed by atoms with E-state index in [1.54, 1.807) is 0 Å². The van der Waals surface area contributed by atoms with Crippen molar-refractivity contribution in [3.63, 3.8) is 0 Å². The molecule has 0 aromatic rings. The molecule has 0 bridgehead atoms. The van der Waals surface area contributed by atoms with Gasteiger partial charge in [-0.05, 0) is 70.6 Å². The minimum absolute atomic E-state index is 0.0751. The second kappa shape index (κ2) is 66.4. The molecule has 0 spiro atoms. The number of ether oxygens (including phenoxy) is 3. The van der Waals surface area contributed by atoms with E-state index in [0.29, 0.717) is 19.3 Å². The van der Waals surface area contributed by atoms with Crippen LogP contribution in [0.3, 0.4) is 0 Å². The second-order valence-electron chi connectivity index (χ2n) is 22.7. The van der Waals surface area contributed by atoms with Gasteiger partial charge in [0.2, 0.25) is 0 Å². The smallest absolute Gasteiger partial charge is 0.306 e. The first-order chi connectivity index (χ1) is 38.5. The summed E-state index contributed by atoms with van der Waals surface area (Å²) >= 11 is 0. The Balaban J connectivity index is 4.33. The Bertz CT molecular complexity index is 1440. The molecule has 0 aliphatic heterocycles. The summed E-state index contributed by atoms with van der Waals surface area (Å²) < 4.78 is 17.0. The van der Waals surface area contributed by atoms with E-state index in [9.17, 15) is 14.4 Å². The zero-order chi connectivity index (χ0) is 56.4. The van der Waals surface area contributed by atoms with Gasteiger partial charge >= 0.3 is 17.9 Å². The van der Waals surface area contributed by atoms with Gasteiger partial charge in [0.05, 0.1) is 0 Å². The quantitative estimate of drug-likeness (QED) is 0.0261. The van der Waals surface area contributed by atoms with Crippen molar-refractivity contribution in [2.24, 2.45) is 0 Å². The van der Waals surface area contributed by atoms with Gasteiger partial charge < -0.3 is 14.2 Å². The van der Waals surface area contributed by atoms with Crippen LogP contribution >= 0.6 is 0 Å². The second-order valence-corrected chi connectivity index (χ2v) is 22.7. The molecule has 1 atom stereocenters. The molecule has 0 rings (SSSR count). The molecule has 0 saturated heterocycles. The van der Waals surface area contributed by atoms with Gasteiger partial charge in [-0.3, -0.25) is 14.4 Å². The number of carbonyl (C=O) groups excluding carboxylic acids is 3. The maximum Gasteiger partial charge on any atom is 0.306 e. The van der Waals surface area contributed by atoms with Gasteiger partial charge in [-0.15, -0.1) is 0 Å². The molecule has 0 aromatic heterocycles. The molecule has 6 nitrogen and oxygen atoms in total. The summed E-state index contributed by atoms with van der Waals surface area (Å²) in [6, 6.07) is 0. The van der Waals surface area contributed by atoms with Crippen molar-refractivity contribution in [2.75, 3.05) is 13.2 Å². The van der Waals surface area contributed by atoms with Gasteiger partial charge in [0.1, 0.15) is 13.2 Å². The molecule has 0 heterocycles. The third-order valence-electron chi connectivity index (χ3n) is 15.0. The minimum atomic E-state index is -0.780. The largest absolute Gasteiger partial charge is 0.462 e. The van der Waals surface area contributed by atoms with Crippen molar-refractivity contribution in [1.82, 2.24) is 0 Å². The van der Waals surface area contributed by atoms with Crippen LogP contribution in [0.25, 0.3) is 0 Å². The first kappa shape index (κ1) is 74.8. The molecule has 0 saturated carbocycles. The number of carbonyl (C=O) groups is 3. The fourth-order valence-corrected chi connectivity index (χ4v) is 9.92. The molecule has 0 amide bonds. The lowest BCUT2D eigenvalue weighted by Gasteiger charge is -2.18. The predicted octanol–water partition coefficient (Wildman–Crippen LogP) is 23.3. The summed E-state index contributed by atoms with van der Waals surface area (Å²) in [6.45, 7) is 6.57. The van der Waals surface area contributed by atoms with Crippen molar-refractivity contribution in [2.45, 2.75) is 354 Å². The van der Waals surface area contributed by atoms with E-state index in [2.05, 4.69) is 93.7 Å². The van der Waals surface area contributed by atoms with Gasteiger partial charge in [0.25, 0.3) is 0 Å². The van der Waals surface area contributed by atoms with Crippen LogP contribution in [-0.2, 0) is 28.6 Å². The lowest BCUT2D eigenvalue weighted by atomic mass is 10.0. The Morgan fingerprint density at radius 3 is 0.782 bits per heavy atom. The topological polar surface area (TPSA) is 78.9 Å². The number of unbranched alkanes of at least 4 members (excludes halogenated alkanes) is 39. The minimum Gasteiger partial charge on any atom is -0.462 e. The van der Waals surface area contributed by atoms with E-state index in [1.165, 1.54) is 205 Å². The molecule has 0 fully saturated rings. The first-order valence-electron chi connectivity index (χ1n) is 33.9. The molecule has 0 aliphatic carbocycles. The highest BCUT2D eigenvalue weighted by Crippen LogP contribution is 2.18. The van der Waals surface area contributed by atoms with Crippen molar-refractivity contribution in [3.05, 3.63) is 72.9 Å². The summed E-state index contributed by atoms with van der Waals surface area (Å²) in [4.78, 5) is 38.4. The van der Waals surface area contributed by atoms with E-state index in [0.717, 1.165) is 103 Å². The van der Waals surface area contributed by atoms with Crippen molar-refractivity contribution in [1.29, 1.82) is 0 Å². The highest BCUT2D eigenvalue weighted by Gasteiger charge is 2.19. The molecular weight excluding hydrogens is 961 g/mol. The summed E-state index contributed by atoms with van der Waals surface area (Å²) in [7, 11) is 0. The van der Waals surface area contributed by atoms with Gasteiger partial charge in [-0.1, -0.05) is 331 Å². The van der Waals surface area contributed by atoms with Gasteiger partial charge in [0, 0.05) is 19.3 Å². The summed E-state index contributed by atoms with van der Waals surface area (Å²) in [6.07, 6.45) is 86.3. The lowest BCUT2D eigenvalue weighted by molar-refractivity contribution is -0.167. The lowest BCUT2D eigenvalue weighted by Crippen LogP contribution is -2.30. The van der Waals surface area contributed by atoms with Crippen LogP contribution in [-0.4, -0.2) is 37.2 Å². The Kier molecular flexibility index (Phi) is 63.7. The Morgan fingerprint density at radius 1 is 0.269 bits per heavy atom. The van der Waals surface area contributed by atoms with Crippen molar-refractivity contribution >= 4 is 17.9 Å². The number of esters is 3. The number of rotatable bonds is 62. The molecule has 1 unspecified atom stereocenters. The average molecular weight is 1090 g/mol. The first-order valence-corrected chi connectivity index (χ1v) is 33.9. The van der Waals surface area contributed by atoms with Crippen LogP contribution in [0.5, 0.6) is 0 Å². The fraction of sp³-hybridized carbons (Fsp3) is 0.792. The number of hydrogen-bond donors (Lipinski definition) is 0. The summed E-state index contributed by atoms with van der Waals surface area (Å²) in [5.74, 6) is -0.868. The Hall–Kier alpha value is -3.15. The molecular formula is C72H128O6. The standard InChI is InChI=1S/C72H128O6/c1-4-7-10-13-16-19-22-25-28-30-32-34-35-36-37-39-40-42-44-47-50-53-56-59-62-65-71(74)77-68-69(67-76-70(73)64-61-58-55-52-49-46-27-24-21-18-15-12-9-6-3)78-72(75)66-63-60-57-54-51-48-45-43-41-38-33-31-29-26-23-20-17-14-11-8-5-2/h7,10,16,19,25,28,32,34,36-37,40,42,69H,4-6,8-9,11-15,17-18,20-24,26-27,29-31,33,35,38-39,41,43-68H2,1-3H3/b10-7-,19-16-,28-25-,34-32-,37-36-,42-40-. The van der Waals surface area contributed by atoms with E-state index in [4.69, 9.17) is 14.2 Å². The molecule has 78 heavy (non-hydrogen) atoms. The number of allylic oxidation sites excluding steroid dienone is 12. The Labute approximate surface area is 484 Å². The molecule has 6 heteroatoms. The van der Waals surface area contributed by atoms with Crippen LogP contribution in [0.1, 0.15) is 348 Å². The normalized spacial score (nSPS) is 12.5. The molecule has 0 N–H and O–H groups in total. The van der Waals surface area contributed by atoms with Crippen molar-refractivity contribution in [3.8, 4) is 0 Å². The maximum absolute atomic E-state index is 12.9. The highest BCUT2D eigenvalue weighted by molar-refractivity contribution is 5.71. The van der Waals surface area contributed by atoms with Crippen LogP contribution in [0.15, 0.2) is 72.9 Å². The molecule has 452 valence electrons. The fourth-order valence-electron chi connectivity index (χ4n) is 9.92. The van der Waals surface area contributed by atoms with Gasteiger partial charge in [0.15, 0.2) is 6.10 Å². The molecule has 0 aromatic carbocycles. The summed E-state index contributed by atoms with van der Waals surface area (Å²) in [5.41, 5.74) is 0. The Morgan fingerprint density at radius 2 is 0.500 bits per heavy atom. The van der Waals surface area contributed by atoms with Crippen LogP contribution in [0.4, 0.5) is 0 Å². The van der Waals surface area contributed by atoms with E-state index in [1.807, 2.05) is 0 Å². The predicted molar refractivity (Wildman–Crippen MR) is 339 cm³/mol. The zero-order valence-corrected chi connectivity index (χ0v) is 51.9. The highest BCUT2D eigenvalue weighted by atomic mass is 16.6. The van der Waals surface area contributed by atoms with Gasteiger partial charge in [-0.25, -0.2) is 0 Å². The molecule has 0 radical (unpaired) electrons. The third-order valence-corrected chi connectivity index (χ3v) is 15.0. The molecule has 0 aliphatic rings. The van der Waals surface area contributed by atoms with E-state index >= 15 is 0 Å². The summed E-state index contributed by atoms with van der Waals surface area (Å²) in [5, 5.41) is 0. The third kappa shape index (κ3) is 63.7. The SMILES string of the molecule is CC/C=C\C/C=C\C/C=C\C/C=C\C/C=C\C/C=C\CCCCCCCCC(=O)OCC(COC(=O)CCCCCCCCCCCCCCCC)OC(=O)CCCCCCCCCCCCCCCCCCCCCCC. The van der Waals surface area contributed by atoms with E-state index < -0.39 is 6.10 Å². The monoisotopic (exact) mass is 1090 g/mol. The van der Waals surface area contributed by atoms with E-state index in [-0.39, 0.29) is 31.1 Å². The van der Waals surface area contributed by atoms with Gasteiger partial charge in [-0.2, -0.15) is 0 Å². The number of hydrogen-bond acceptors (Lipinski definition) is 6.